The molecule has 0 amide bonds. The summed E-state index contributed by atoms with van der Waals surface area (Å²) in [4.78, 5) is 19.6. The maximum absolute atomic E-state index is 12.8. The van der Waals surface area contributed by atoms with Crippen LogP contribution >= 0.6 is 0 Å². The van der Waals surface area contributed by atoms with Gasteiger partial charge in [0.1, 0.15) is 0 Å². The minimum absolute atomic E-state index is 0.100. The highest BCUT2D eigenvalue weighted by Crippen LogP contribution is 2.29. The van der Waals surface area contributed by atoms with Crippen LogP contribution in [0.25, 0.3) is 0 Å². The third-order valence-corrected chi connectivity index (χ3v) is 5.70. The van der Waals surface area contributed by atoms with E-state index in [0.717, 1.165) is 50.7 Å². The van der Waals surface area contributed by atoms with Gasteiger partial charge in [0.2, 0.25) is 5.78 Å². The van der Waals surface area contributed by atoms with Crippen LogP contribution < -0.4 is 16.8 Å². The minimum Gasteiger partial charge on any atom is -0.399 e. The van der Waals surface area contributed by atoms with Crippen molar-refractivity contribution in [3.63, 3.8) is 0 Å². The van der Waals surface area contributed by atoms with E-state index in [0.29, 0.717) is 11.4 Å². The van der Waals surface area contributed by atoms with Crippen LogP contribution in [0.1, 0.15) is 22.3 Å². The molecular weight excluding hydrogens is 374 g/mol. The van der Waals surface area contributed by atoms with E-state index in [9.17, 15) is 4.79 Å². The number of hydrogen-bond acceptors (Lipinski definition) is 6. The second kappa shape index (κ2) is 8.06. The Kier molecular flexibility index (Phi) is 5.69. The molecule has 5 N–H and O–H groups in total. The van der Waals surface area contributed by atoms with E-state index in [4.69, 9.17) is 16.5 Å². The number of nitrogens with zero attached hydrogens (tertiary/aromatic N) is 2. The molecule has 3 rings (SSSR count). The van der Waals surface area contributed by atoms with Crippen LogP contribution in [0.2, 0.25) is 0 Å². The summed E-state index contributed by atoms with van der Waals surface area (Å²) < 4.78 is 0. The third-order valence-electron chi connectivity index (χ3n) is 5.70. The molecule has 6 nitrogen and oxygen atoms in total. The van der Waals surface area contributed by atoms with Crippen molar-refractivity contribution < 1.29 is 4.79 Å². The molecule has 6 heteroatoms. The van der Waals surface area contributed by atoms with Crippen molar-refractivity contribution in [2.45, 2.75) is 27.7 Å². The predicted molar refractivity (Wildman–Crippen MR) is 126 cm³/mol. The summed E-state index contributed by atoms with van der Waals surface area (Å²) in [7, 11) is 3.80. The summed E-state index contributed by atoms with van der Waals surface area (Å²) in [5, 5.41) is 3.27. The molecule has 0 spiro atoms. The normalized spacial score (nSPS) is 15.1. The topological polar surface area (TPSA) is 96.7 Å². The molecule has 2 aromatic rings. The van der Waals surface area contributed by atoms with Gasteiger partial charge >= 0.3 is 0 Å². The summed E-state index contributed by atoms with van der Waals surface area (Å²) in [6.07, 6.45) is 3.41. The number of nitrogen functional groups attached to an aromatic ring is 2. The van der Waals surface area contributed by atoms with Crippen LogP contribution in [-0.4, -0.2) is 30.5 Å². The smallest absolute Gasteiger partial charge is 0.204 e. The summed E-state index contributed by atoms with van der Waals surface area (Å²) in [6, 6.07) is 7.50. The molecule has 1 aliphatic rings. The first kappa shape index (κ1) is 21.2. The number of rotatable bonds is 4. The SMILES string of the molecule is Cc1c(N)ccc(/N=C2\C=C(Nc3ccc(N)c(C)c3C)C(=O)C=C2N(C)C)c1C. The number of nitrogens with one attached hydrogen (secondary N) is 1. The number of anilines is 3. The van der Waals surface area contributed by atoms with Crippen LogP contribution in [-0.2, 0) is 4.79 Å². The van der Waals surface area contributed by atoms with E-state index in [2.05, 4.69) is 5.32 Å². The molecule has 0 unspecified atom stereocenters. The molecule has 30 heavy (non-hydrogen) atoms. The van der Waals surface area contributed by atoms with Gasteiger partial charge in [-0.1, -0.05) is 0 Å². The van der Waals surface area contributed by atoms with Crippen LogP contribution in [0.4, 0.5) is 22.7 Å². The molecule has 0 saturated heterocycles. The Morgan fingerprint density at radius 3 is 2.07 bits per heavy atom. The Hall–Kier alpha value is -3.54. The van der Waals surface area contributed by atoms with Gasteiger partial charge in [-0.25, -0.2) is 4.99 Å². The number of benzene rings is 2. The Morgan fingerprint density at radius 2 is 1.43 bits per heavy atom. The zero-order chi connectivity index (χ0) is 22.2. The van der Waals surface area contributed by atoms with E-state index < -0.39 is 0 Å². The molecule has 1 aliphatic carbocycles. The van der Waals surface area contributed by atoms with E-state index in [1.54, 1.807) is 12.2 Å². The zero-order valence-electron chi connectivity index (χ0n) is 18.4. The fraction of sp³-hybridized carbons (Fsp3) is 0.250. The molecule has 0 fully saturated rings. The molecule has 0 radical (unpaired) electrons. The molecule has 156 valence electrons. The lowest BCUT2D eigenvalue weighted by atomic mass is 10.0. The first-order chi connectivity index (χ1) is 14.1. The number of hydrogen-bond donors (Lipinski definition) is 3. The minimum atomic E-state index is -0.100. The Morgan fingerprint density at radius 1 is 0.833 bits per heavy atom. The van der Waals surface area contributed by atoms with Crippen LogP contribution in [0.3, 0.4) is 0 Å². The largest absolute Gasteiger partial charge is 0.399 e. The number of aliphatic imine (C=N–C) groups is 1. The van der Waals surface area contributed by atoms with Gasteiger partial charge in [-0.15, -0.1) is 0 Å². The van der Waals surface area contributed by atoms with Gasteiger partial charge in [-0.05, 0) is 80.3 Å². The van der Waals surface area contributed by atoms with E-state index >= 15 is 0 Å². The Labute approximate surface area is 178 Å². The lowest BCUT2D eigenvalue weighted by molar-refractivity contribution is -0.111. The molecule has 0 aliphatic heterocycles. The lowest BCUT2D eigenvalue weighted by Gasteiger charge is -2.23. The van der Waals surface area contributed by atoms with E-state index in [1.807, 2.05) is 71.0 Å². The highest BCUT2D eigenvalue weighted by atomic mass is 16.1. The van der Waals surface area contributed by atoms with E-state index in [1.165, 1.54) is 0 Å². The standard InChI is InChI=1S/C24H29N5O/c1-13-15(3)19(9-7-17(13)25)27-21-11-22(24(30)12-23(21)29(5)6)28-20-10-8-18(26)14(2)16(20)4/h7-12,28H,25-26H2,1-6H3/b27-21+. The summed E-state index contributed by atoms with van der Waals surface area (Å²) in [5.74, 6) is -0.100. The molecule has 0 aromatic heterocycles. The lowest BCUT2D eigenvalue weighted by Crippen LogP contribution is -2.26. The van der Waals surface area contributed by atoms with Crippen molar-refractivity contribution in [1.82, 2.24) is 4.90 Å². The summed E-state index contributed by atoms with van der Waals surface area (Å²) in [5.41, 5.74) is 21.1. The van der Waals surface area contributed by atoms with Crippen molar-refractivity contribution in [2.75, 3.05) is 30.9 Å². The maximum atomic E-state index is 12.8. The van der Waals surface area contributed by atoms with Crippen molar-refractivity contribution in [3.05, 3.63) is 70.1 Å². The first-order valence-electron chi connectivity index (χ1n) is 9.82. The van der Waals surface area contributed by atoms with Gasteiger partial charge < -0.3 is 21.7 Å². The van der Waals surface area contributed by atoms with Crippen molar-refractivity contribution >= 4 is 34.2 Å². The molecule has 0 heterocycles. The summed E-state index contributed by atoms with van der Waals surface area (Å²) >= 11 is 0. The van der Waals surface area contributed by atoms with E-state index in [-0.39, 0.29) is 5.78 Å². The molecule has 0 saturated carbocycles. The Balaban J connectivity index is 2.07. The summed E-state index contributed by atoms with van der Waals surface area (Å²) in [6.45, 7) is 7.94. The van der Waals surface area contributed by atoms with Crippen LogP contribution in [0.5, 0.6) is 0 Å². The fourth-order valence-corrected chi connectivity index (χ4v) is 3.30. The monoisotopic (exact) mass is 403 g/mol. The van der Waals surface area contributed by atoms with Crippen LogP contribution in [0, 0.1) is 27.7 Å². The maximum Gasteiger partial charge on any atom is 0.204 e. The quantitative estimate of drug-likeness (QED) is 0.526. The van der Waals surface area contributed by atoms with Crippen molar-refractivity contribution in [3.8, 4) is 0 Å². The van der Waals surface area contributed by atoms with Crippen LogP contribution in [0.15, 0.2) is 52.8 Å². The third kappa shape index (κ3) is 3.94. The van der Waals surface area contributed by atoms with Gasteiger partial charge in [-0.3, -0.25) is 4.79 Å². The van der Waals surface area contributed by atoms with Gasteiger partial charge in [0.05, 0.1) is 22.8 Å². The predicted octanol–water partition coefficient (Wildman–Crippen LogP) is 4.18. The molecule has 0 atom stereocenters. The highest BCUT2D eigenvalue weighted by molar-refractivity contribution is 6.23. The van der Waals surface area contributed by atoms with Gasteiger partial charge in [-0.2, -0.15) is 0 Å². The number of nitrogens with two attached hydrogens (primary N) is 2. The number of ketones is 1. The number of carbonyl (C=O) groups is 1. The highest BCUT2D eigenvalue weighted by Gasteiger charge is 2.21. The average molecular weight is 404 g/mol. The van der Waals surface area contributed by atoms with Gasteiger partial charge in [0, 0.05) is 37.2 Å². The zero-order valence-corrected chi connectivity index (χ0v) is 18.4. The van der Waals surface area contributed by atoms with Gasteiger partial charge in [0.15, 0.2) is 0 Å². The van der Waals surface area contributed by atoms with Crippen molar-refractivity contribution in [1.29, 1.82) is 0 Å². The van der Waals surface area contributed by atoms with Crippen molar-refractivity contribution in [2.24, 2.45) is 4.99 Å². The molecular formula is C24H29N5O. The molecule has 2 aromatic carbocycles. The first-order valence-corrected chi connectivity index (χ1v) is 9.82. The number of carbonyl (C=O) groups excluding carboxylic acids is 1. The number of allylic oxidation sites excluding steroid dienone is 2. The Bertz CT molecular complexity index is 1120. The second-order valence-corrected chi connectivity index (χ2v) is 7.84. The van der Waals surface area contributed by atoms with Gasteiger partial charge in [0.25, 0.3) is 0 Å². The molecule has 0 bridgehead atoms. The average Bonchev–Trinajstić information content (AvgIpc) is 2.70. The second-order valence-electron chi connectivity index (χ2n) is 7.84. The fourth-order valence-electron chi connectivity index (χ4n) is 3.30.